The van der Waals surface area contributed by atoms with Crippen LogP contribution in [0.5, 0.6) is 0 Å². The lowest BCUT2D eigenvalue weighted by Gasteiger charge is -2.38. The molecule has 1 aliphatic rings. The number of nitrogens with zero attached hydrogens (tertiary/aromatic N) is 1. The van der Waals surface area contributed by atoms with Gasteiger partial charge in [0.15, 0.2) is 0 Å². The number of halogens is 3. The van der Waals surface area contributed by atoms with E-state index in [-0.39, 0.29) is 42.8 Å². The van der Waals surface area contributed by atoms with Gasteiger partial charge in [-0.25, -0.2) is 0 Å². The van der Waals surface area contributed by atoms with Gasteiger partial charge in [0.05, 0.1) is 16.6 Å². The molecule has 128 valence electrons. The van der Waals surface area contributed by atoms with Crippen molar-refractivity contribution >= 4 is 47.4 Å². The molecule has 1 saturated heterocycles. The Morgan fingerprint density at radius 3 is 2.65 bits per heavy atom. The molecule has 5 nitrogen and oxygen atoms in total. The molecule has 0 aromatic heterocycles. The Bertz CT molecular complexity index is 583. The Labute approximate surface area is 152 Å². The van der Waals surface area contributed by atoms with Crippen molar-refractivity contribution in [3.05, 3.63) is 33.8 Å². The maximum atomic E-state index is 12.2. The molecule has 1 aliphatic heterocycles. The molecule has 8 heteroatoms. The van der Waals surface area contributed by atoms with Crippen LogP contribution >= 0.6 is 35.6 Å². The third-order valence-electron chi connectivity index (χ3n) is 3.94. The standard InChI is InChI=1S/C15H19Cl2N3O2.ClH/c1-9-10(2)20(6-5-18-9)14(21)8-19-15(22)11-3-4-12(16)13(17)7-11;/h3-4,7,9-10,18H,5-6,8H2,1-2H3,(H,19,22);1H. The summed E-state index contributed by atoms with van der Waals surface area (Å²) in [5, 5.41) is 6.63. The molecule has 2 amide bonds. The third kappa shape index (κ3) is 4.98. The summed E-state index contributed by atoms with van der Waals surface area (Å²) in [6, 6.07) is 4.95. The topological polar surface area (TPSA) is 61.4 Å². The monoisotopic (exact) mass is 379 g/mol. The first kappa shape index (κ1) is 20.0. The van der Waals surface area contributed by atoms with Crippen molar-refractivity contribution in [1.29, 1.82) is 0 Å². The highest BCUT2D eigenvalue weighted by Gasteiger charge is 2.27. The van der Waals surface area contributed by atoms with Crippen LogP contribution in [0.4, 0.5) is 0 Å². The molecule has 0 spiro atoms. The average molecular weight is 381 g/mol. The van der Waals surface area contributed by atoms with Crippen molar-refractivity contribution in [3.63, 3.8) is 0 Å². The number of nitrogens with one attached hydrogen (secondary N) is 2. The van der Waals surface area contributed by atoms with Gasteiger partial charge in [0.1, 0.15) is 0 Å². The molecule has 1 aromatic rings. The van der Waals surface area contributed by atoms with Crippen molar-refractivity contribution < 1.29 is 9.59 Å². The Morgan fingerprint density at radius 1 is 1.30 bits per heavy atom. The highest BCUT2D eigenvalue weighted by Crippen LogP contribution is 2.22. The molecule has 0 aliphatic carbocycles. The van der Waals surface area contributed by atoms with Crippen LogP contribution in [-0.2, 0) is 4.79 Å². The third-order valence-corrected chi connectivity index (χ3v) is 4.68. The normalized spacial score (nSPS) is 20.6. The molecular weight excluding hydrogens is 361 g/mol. The van der Waals surface area contributed by atoms with Crippen molar-refractivity contribution in [2.75, 3.05) is 19.6 Å². The van der Waals surface area contributed by atoms with Gasteiger partial charge in [-0.2, -0.15) is 0 Å². The summed E-state index contributed by atoms with van der Waals surface area (Å²) in [7, 11) is 0. The van der Waals surface area contributed by atoms with E-state index in [4.69, 9.17) is 23.2 Å². The zero-order chi connectivity index (χ0) is 16.3. The SMILES string of the molecule is CC1NCCN(C(=O)CNC(=O)c2ccc(Cl)c(Cl)c2)C1C.Cl. The molecule has 0 bridgehead atoms. The molecule has 2 atom stereocenters. The first-order valence-corrected chi connectivity index (χ1v) is 7.92. The Kier molecular flexibility index (Phi) is 7.61. The zero-order valence-corrected chi connectivity index (χ0v) is 15.3. The van der Waals surface area contributed by atoms with Gasteiger partial charge in [-0.05, 0) is 32.0 Å². The van der Waals surface area contributed by atoms with E-state index in [1.807, 2.05) is 13.8 Å². The quantitative estimate of drug-likeness (QED) is 0.846. The van der Waals surface area contributed by atoms with Crippen LogP contribution in [0.1, 0.15) is 24.2 Å². The minimum atomic E-state index is -0.345. The smallest absolute Gasteiger partial charge is 0.251 e. The highest BCUT2D eigenvalue weighted by atomic mass is 35.5. The van der Waals surface area contributed by atoms with Crippen LogP contribution in [0.15, 0.2) is 18.2 Å². The van der Waals surface area contributed by atoms with Crippen molar-refractivity contribution in [2.24, 2.45) is 0 Å². The zero-order valence-electron chi connectivity index (χ0n) is 12.9. The van der Waals surface area contributed by atoms with Gasteiger partial charge in [0, 0.05) is 30.7 Å². The molecule has 1 heterocycles. The number of benzene rings is 1. The van der Waals surface area contributed by atoms with E-state index in [0.29, 0.717) is 22.2 Å². The number of hydrogen-bond acceptors (Lipinski definition) is 3. The van der Waals surface area contributed by atoms with E-state index in [2.05, 4.69) is 10.6 Å². The molecule has 2 rings (SSSR count). The summed E-state index contributed by atoms with van der Waals surface area (Å²) in [4.78, 5) is 26.1. The van der Waals surface area contributed by atoms with E-state index in [0.717, 1.165) is 6.54 Å². The molecular formula is C15H20Cl3N3O2. The van der Waals surface area contributed by atoms with Crippen LogP contribution in [0.3, 0.4) is 0 Å². The molecule has 2 N–H and O–H groups in total. The lowest BCUT2D eigenvalue weighted by atomic mass is 10.1. The van der Waals surface area contributed by atoms with Crippen LogP contribution in [-0.4, -0.2) is 48.4 Å². The molecule has 1 aromatic carbocycles. The first-order valence-electron chi connectivity index (χ1n) is 7.16. The minimum Gasteiger partial charge on any atom is -0.343 e. The fourth-order valence-corrected chi connectivity index (χ4v) is 2.70. The van der Waals surface area contributed by atoms with Crippen molar-refractivity contribution in [2.45, 2.75) is 25.9 Å². The van der Waals surface area contributed by atoms with Gasteiger partial charge in [-0.15, -0.1) is 12.4 Å². The summed E-state index contributed by atoms with van der Waals surface area (Å²) in [6.07, 6.45) is 0. The number of rotatable bonds is 3. The van der Waals surface area contributed by atoms with E-state index in [1.54, 1.807) is 17.0 Å². The number of piperazine rings is 1. The van der Waals surface area contributed by atoms with Gasteiger partial charge < -0.3 is 15.5 Å². The Hall–Kier alpha value is -1.01. The van der Waals surface area contributed by atoms with E-state index < -0.39 is 0 Å². The summed E-state index contributed by atoms with van der Waals surface area (Å²) >= 11 is 11.7. The molecule has 0 radical (unpaired) electrons. The van der Waals surface area contributed by atoms with Crippen LogP contribution < -0.4 is 10.6 Å². The summed E-state index contributed by atoms with van der Waals surface area (Å²) in [6.45, 7) is 5.41. The molecule has 2 unspecified atom stereocenters. The van der Waals surface area contributed by atoms with Crippen molar-refractivity contribution in [3.8, 4) is 0 Å². The average Bonchev–Trinajstić information content (AvgIpc) is 2.50. The maximum absolute atomic E-state index is 12.2. The van der Waals surface area contributed by atoms with Crippen LogP contribution in [0, 0.1) is 0 Å². The van der Waals surface area contributed by atoms with Crippen molar-refractivity contribution in [1.82, 2.24) is 15.5 Å². The lowest BCUT2D eigenvalue weighted by Crippen LogP contribution is -2.58. The summed E-state index contributed by atoms with van der Waals surface area (Å²) in [5.41, 5.74) is 0.379. The van der Waals surface area contributed by atoms with Gasteiger partial charge in [0.2, 0.25) is 5.91 Å². The Balaban J connectivity index is 0.00000264. The Morgan fingerprint density at radius 2 is 2.00 bits per heavy atom. The fraction of sp³-hybridized carbons (Fsp3) is 0.467. The number of hydrogen-bond donors (Lipinski definition) is 2. The summed E-state index contributed by atoms with van der Waals surface area (Å²) < 4.78 is 0. The molecule has 23 heavy (non-hydrogen) atoms. The predicted octanol–water partition coefficient (Wildman–Crippen LogP) is 2.35. The number of amides is 2. The van der Waals surface area contributed by atoms with Gasteiger partial charge in [0.25, 0.3) is 5.91 Å². The number of carbonyl (C=O) groups is 2. The highest BCUT2D eigenvalue weighted by molar-refractivity contribution is 6.42. The second-order valence-corrected chi connectivity index (χ2v) is 6.20. The molecule has 0 saturated carbocycles. The van der Waals surface area contributed by atoms with E-state index in [9.17, 15) is 9.59 Å². The minimum absolute atomic E-state index is 0. The van der Waals surface area contributed by atoms with E-state index >= 15 is 0 Å². The van der Waals surface area contributed by atoms with Crippen LogP contribution in [0.25, 0.3) is 0 Å². The summed E-state index contributed by atoms with van der Waals surface area (Å²) in [5.74, 6) is -0.433. The number of carbonyl (C=O) groups excluding carboxylic acids is 2. The van der Waals surface area contributed by atoms with E-state index in [1.165, 1.54) is 6.07 Å². The lowest BCUT2D eigenvalue weighted by molar-refractivity contribution is -0.133. The maximum Gasteiger partial charge on any atom is 0.251 e. The van der Waals surface area contributed by atoms with Gasteiger partial charge >= 0.3 is 0 Å². The second kappa shape index (κ2) is 8.73. The second-order valence-electron chi connectivity index (χ2n) is 5.38. The molecule has 1 fully saturated rings. The van der Waals surface area contributed by atoms with Gasteiger partial charge in [-0.1, -0.05) is 23.2 Å². The van der Waals surface area contributed by atoms with Gasteiger partial charge in [-0.3, -0.25) is 9.59 Å². The van der Waals surface area contributed by atoms with Crippen LogP contribution in [0.2, 0.25) is 10.0 Å². The largest absolute Gasteiger partial charge is 0.343 e. The predicted molar refractivity (Wildman–Crippen MR) is 94.7 cm³/mol. The first-order chi connectivity index (χ1) is 10.4. The fourth-order valence-electron chi connectivity index (χ4n) is 2.41.